The fourth-order valence-electron chi connectivity index (χ4n) is 2.71. The molecule has 0 aromatic heterocycles. The summed E-state index contributed by atoms with van der Waals surface area (Å²) in [6.07, 6.45) is -0.564. The number of nitrogens with zero attached hydrogens (tertiary/aromatic N) is 1. The van der Waals surface area contributed by atoms with Crippen molar-refractivity contribution in [2.75, 3.05) is 13.2 Å². The topological polar surface area (TPSA) is 273 Å². The number of hydrogen-bond acceptors (Lipinski definition) is 8. The van der Waals surface area contributed by atoms with Crippen molar-refractivity contribution in [2.24, 2.45) is 28.1 Å². The highest BCUT2D eigenvalue weighted by atomic mass is 16.4. The van der Waals surface area contributed by atoms with Crippen LogP contribution in [0.15, 0.2) is 4.99 Å². The van der Waals surface area contributed by atoms with Crippen molar-refractivity contribution in [1.29, 1.82) is 0 Å². The smallest absolute Gasteiger partial charge is 0.326 e. The molecule has 0 aromatic carbocycles. The predicted molar refractivity (Wildman–Crippen MR) is 120 cm³/mol. The van der Waals surface area contributed by atoms with E-state index in [1.165, 1.54) is 0 Å². The van der Waals surface area contributed by atoms with Crippen molar-refractivity contribution in [3.05, 3.63) is 0 Å². The molecule has 15 heteroatoms. The number of aliphatic carboxylic acids is 2. The third-order valence-corrected chi connectivity index (χ3v) is 4.62. The first kappa shape index (κ1) is 30.5. The van der Waals surface area contributed by atoms with E-state index in [0.29, 0.717) is 0 Å². The molecule has 0 spiro atoms. The Hall–Kier alpha value is -3.46. The highest BCUT2D eigenvalue weighted by molar-refractivity contribution is 5.94. The first-order valence-corrected chi connectivity index (χ1v) is 10.6. The van der Waals surface area contributed by atoms with E-state index in [0.717, 1.165) is 0 Å². The van der Waals surface area contributed by atoms with Crippen LogP contribution in [-0.4, -0.2) is 88.3 Å². The molecule has 15 nitrogen and oxygen atoms in total. The number of rotatable bonds is 16. The van der Waals surface area contributed by atoms with Gasteiger partial charge in [0.05, 0.1) is 6.61 Å². The minimum atomic E-state index is -1.40. The van der Waals surface area contributed by atoms with Crippen LogP contribution in [0.3, 0.4) is 0 Å². The fourth-order valence-corrected chi connectivity index (χ4v) is 2.71. The van der Waals surface area contributed by atoms with Crippen LogP contribution in [0.4, 0.5) is 0 Å². The van der Waals surface area contributed by atoms with E-state index < -0.39 is 72.8 Å². The summed E-state index contributed by atoms with van der Waals surface area (Å²) in [5.41, 5.74) is 16.0. The number of carboxylic acid groups (broad SMARTS) is 2. The molecule has 0 aliphatic heterocycles. The van der Waals surface area contributed by atoms with E-state index in [2.05, 4.69) is 20.9 Å². The summed E-state index contributed by atoms with van der Waals surface area (Å²) in [7, 11) is 0. The van der Waals surface area contributed by atoms with Gasteiger partial charge in [-0.25, -0.2) is 4.79 Å². The average Bonchev–Trinajstić information content (AvgIpc) is 2.74. The minimum Gasteiger partial charge on any atom is -0.481 e. The number of aliphatic hydroxyl groups is 1. The largest absolute Gasteiger partial charge is 0.481 e. The summed E-state index contributed by atoms with van der Waals surface area (Å²) in [6.45, 7) is 2.59. The highest BCUT2D eigenvalue weighted by Crippen LogP contribution is 2.07. The molecule has 194 valence electrons. The molecule has 34 heavy (non-hydrogen) atoms. The molecular weight excluding hydrogens is 454 g/mol. The maximum atomic E-state index is 12.9. The van der Waals surface area contributed by atoms with E-state index in [4.69, 9.17) is 27.4 Å². The number of nitrogens with one attached hydrogen (secondary N) is 3. The SMILES string of the molecule is CC(C)C(NC(=O)C(CCC(=O)O)NC(=O)C(CCCN=C(N)N)NC(=O)C(N)CO)C(=O)O. The number of aliphatic hydroxyl groups excluding tert-OH is 1. The molecule has 0 bridgehead atoms. The second-order valence-corrected chi connectivity index (χ2v) is 7.86. The molecule has 3 amide bonds. The molecule has 0 radical (unpaired) electrons. The summed E-state index contributed by atoms with van der Waals surface area (Å²) < 4.78 is 0. The zero-order valence-electron chi connectivity index (χ0n) is 19.2. The lowest BCUT2D eigenvalue weighted by Gasteiger charge is -2.25. The summed E-state index contributed by atoms with van der Waals surface area (Å²) in [4.78, 5) is 63.8. The molecule has 4 unspecified atom stereocenters. The van der Waals surface area contributed by atoms with E-state index in [1.807, 2.05) is 0 Å². The van der Waals surface area contributed by atoms with Crippen molar-refractivity contribution in [3.63, 3.8) is 0 Å². The minimum absolute atomic E-state index is 0.0174. The van der Waals surface area contributed by atoms with Gasteiger partial charge in [0.2, 0.25) is 17.7 Å². The number of carboxylic acids is 2. The van der Waals surface area contributed by atoms with E-state index in [-0.39, 0.29) is 31.8 Å². The molecule has 0 aromatic rings. The van der Waals surface area contributed by atoms with Crippen molar-refractivity contribution < 1.29 is 39.3 Å². The van der Waals surface area contributed by atoms with Gasteiger partial charge in [-0.15, -0.1) is 0 Å². The zero-order chi connectivity index (χ0) is 26.4. The average molecular weight is 490 g/mol. The molecule has 0 aliphatic rings. The highest BCUT2D eigenvalue weighted by Gasteiger charge is 2.31. The zero-order valence-corrected chi connectivity index (χ0v) is 19.2. The van der Waals surface area contributed by atoms with Gasteiger partial charge in [-0.1, -0.05) is 13.8 Å². The van der Waals surface area contributed by atoms with Crippen LogP contribution in [-0.2, 0) is 24.0 Å². The summed E-state index contributed by atoms with van der Waals surface area (Å²) in [6, 6.07) is -5.19. The van der Waals surface area contributed by atoms with Crippen molar-refractivity contribution in [1.82, 2.24) is 16.0 Å². The van der Waals surface area contributed by atoms with Gasteiger partial charge in [0, 0.05) is 13.0 Å². The number of hydrogen-bond donors (Lipinski definition) is 9. The second-order valence-electron chi connectivity index (χ2n) is 7.86. The van der Waals surface area contributed by atoms with E-state index in [9.17, 15) is 29.1 Å². The van der Waals surface area contributed by atoms with Crippen molar-refractivity contribution in [2.45, 2.75) is 63.7 Å². The number of nitrogens with two attached hydrogens (primary N) is 3. The molecule has 0 fully saturated rings. The van der Waals surface area contributed by atoms with Gasteiger partial charge >= 0.3 is 11.9 Å². The van der Waals surface area contributed by atoms with Crippen LogP contribution >= 0.6 is 0 Å². The fraction of sp³-hybridized carbons (Fsp3) is 0.684. The third-order valence-electron chi connectivity index (χ3n) is 4.62. The van der Waals surface area contributed by atoms with Crippen LogP contribution in [0.2, 0.25) is 0 Å². The Kier molecular flexibility index (Phi) is 13.8. The lowest BCUT2D eigenvalue weighted by molar-refractivity contribution is -0.144. The molecule has 0 rings (SSSR count). The van der Waals surface area contributed by atoms with E-state index in [1.54, 1.807) is 13.8 Å². The number of aliphatic imine (C=N–C) groups is 1. The molecule has 0 saturated heterocycles. The Bertz CT molecular complexity index is 755. The maximum Gasteiger partial charge on any atom is 0.326 e. The molecule has 0 saturated carbocycles. The van der Waals surface area contributed by atoms with Crippen LogP contribution in [0.5, 0.6) is 0 Å². The van der Waals surface area contributed by atoms with Crippen LogP contribution in [0.25, 0.3) is 0 Å². The monoisotopic (exact) mass is 489 g/mol. The van der Waals surface area contributed by atoms with Gasteiger partial charge < -0.3 is 48.5 Å². The Morgan fingerprint density at radius 2 is 1.41 bits per heavy atom. The molecule has 4 atom stereocenters. The quantitative estimate of drug-likeness (QED) is 0.0580. The summed E-state index contributed by atoms with van der Waals surface area (Å²) in [5, 5.41) is 34.3. The molecule has 0 heterocycles. The second kappa shape index (κ2) is 15.4. The first-order chi connectivity index (χ1) is 15.8. The van der Waals surface area contributed by atoms with Gasteiger partial charge in [-0.05, 0) is 25.2 Å². The summed E-state index contributed by atoms with van der Waals surface area (Å²) >= 11 is 0. The Morgan fingerprint density at radius 3 is 1.88 bits per heavy atom. The lowest BCUT2D eigenvalue weighted by atomic mass is 10.0. The van der Waals surface area contributed by atoms with Crippen molar-refractivity contribution in [3.8, 4) is 0 Å². The van der Waals surface area contributed by atoms with Crippen LogP contribution in [0.1, 0.15) is 39.5 Å². The van der Waals surface area contributed by atoms with E-state index >= 15 is 0 Å². The number of carbonyl (C=O) groups excluding carboxylic acids is 3. The van der Waals surface area contributed by atoms with Crippen LogP contribution < -0.4 is 33.2 Å². The predicted octanol–water partition coefficient (Wildman–Crippen LogP) is -3.58. The summed E-state index contributed by atoms with van der Waals surface area (Å²) in [5.74, 6) is -5.76. The first-order valence-electron chi connectivity index (χ1n) is 10.6. The number of amides is 3. The Labute approximate surface area is 196 Å². The maximum absolute atomic E-state index is 12.9. The molecule has 0 aliphatic carbocycles. The lowest BCUT2D eigenvalue weighted by Crippen LogP contribution is -2.58. The Morgan fingerprint density at radius 1 is 0.882 bits per heavy atom. The van der Waals surface area contributed by atoms with Crippen molar-refractivity contribution >= 4 is 35.6 Å². The van der Waals surface area contributed by atoms with Gasteiger partial charge in [0.25, 0.3) is 0 Å². The van der Waals surface area contributed by atoms with Crippen LogP contribution in [0, 0.1) is 5.92 Å². The Balaban J connectivity index is 5.59. The van der Waals surface area contributed by atoms with Gasteiger partial charge in [0.15, 0.2) is 5.96 Å². The van der Waals surface area contributed by atoms with Gasteiger partial charge in [-0.3, -0.25) is 24.2 Å². The third kappa shape index (κ3) is 12.0. The number of carbonyl (C=O) groups is 5. The molecular formula is C19H35N7O8. The van der Waals surface area contributed by atoms with Gasteiger partial charge in [0.1, 0.15) is 24.2 Å². The number of guanidine groups is 1. The standard InChI is InChI=1S/C19H35N7O8/c1-9(2)14(18(33)34)26-17(32)12(5-6-13(28)29)25-16(31)11(4-3-7-23-19(21)22)24-15(30)10(20)8-27/h9-12,14,27H,3-8,20H2,1-2H3,(H,24,30)(H,25,31)(H,26,32)(H,28,29)(H,33,34)(H4,21,22,23). The van der Waals surface area contributed by atoms with Gasteiger partial charge in [-0.2, -0.15) is 0 Å². The normalized spacial score (nSPS) is 14.3. The molecule has 12 N–H and O–H groups in total.